The van der Waals surface area contributed by atoms with Gasteiger partial charge in [-0.2, -0.15) is 0 Å². The van der Waals surface area contributed by atoms with Crippen LogP contribution < -0.4 is 10.0 Å². The number of sulfonamides is 1. The Morgan fingerprint density at radius 2 is 1.79 bits per heavy atom. The smallest absolute Gasteiger partial charge is 0.240 e. The van der Waals surface area contributed by atoms with Crippen LogP contribution in [0.25, 0.3) is 0 Å². The van der Waals surface area contributed by atoms with Crippen molar-refractivity contribution >= 4 is 10.0 Å². The fraction of sp³-hybridized carbons (Fsp3) is 0.571. The van der Waals surface area contributed by atoms with Crippen LogP contribution in [0.3, 0.4) is 0 Å². The third kappa shape index (κ3) is 5.30. The average Bonchev–Trinajstić information content (AvgIpc) is 2.28. The van der Waals surface area contributed by atoms with E-state index in [9.17, 15) is 8.42 Å². The van der Waals surface area contributed by atoms with E-state index in [4.69, 9.17) is 0 Å². The molecule has 0 spiro atoms. The van der Waals surface area contributed by atoms with Gasteiger partial charge >= 0.3 is 0 Å². The minimum atomic E-state index is -3.43. The summed E-state index contributed by atoms with van der Waals surface area (Å²) in [4.78, 5) is 0.359. The van der Waals surface area contributed by atoms with Crippen molar-refractivity contribution in [2.75, 3.05) is 13.6 Å². The molecule has 5 heteroatoms. The summed E-state index contributed by atoms with van der Waals surface area (Å²) < 4.78 is 27.2. The second-order valence-corrected chi connectivity index (χ2v) is 7.58. The Bertz CT molecular complexity index is 504. The van der Waals surface area contributed by atoms with E-state index in [1.165, 1.54) is 0 Å². The lowest BCUT2D eigenvalue weighted by Crippen LogP contribution is -2.28. The second kappa shape index (κ2) is 6.50. The van der Waals surface area contributed by atoms with E-state index in [0.29, 0.717) is 18.0 Å². The van der Waals surface area contributed by atoms with Crippen molar-refractivity contribution in [3.8, 4) is 0 Å². The largest absolute Gasteiger partial charge is 0.316 e. The molecule has 0 aliphatic heterocycles. The third-order valence-corrected chi connectivity index (χ3v) is 4.36. The minimum Gasteiger partial charge on any atom is -0.316 e. The van der Waals surface area contributed by atoms with Gasteiger partial charge in [-0.1, -0.05) is 39.0 Å². The monoisotopic (exact) mass is 284 g/mol. The molecule has 1 aromatic rings. The van der Waals surface area contributed by atoms with Crippen molar-refractivity contribution in [3.05, 3.63) is 29.8 Å². The molecule has 4 nitrogen and oxygen atoms in total. The normalized spacial score (nSPS) is 12.6. The molecule has 0 aliphatic rings. The van der Waals surface area contributed by atoms with Crippen molar-refractivity contribution in [2.45, 2.75) is 38.6 Å². The Morgan fingerprint density at radius 3 is 2.37 bits per heavy atom. The molecule has 0 fully saturated rings. The van der Waals surface area contributed by atoms with Crippen LogP contribution >= 0.6 is 0 Å². The lowest BCUT2D eigenvalue weighted by molar-refractivity contribution is 0.378. The van der Waals surface area contributed by atoms with Crippen LogP contribution in [0.4, 0.5) is 0 Å². The Kier molecular flexibility index (Phi) is 5.52. The number of nitrogens with one attached hydrogen (secondary N) is 2. The van der Waals surface area contributed by atoms with Crippen molar-refractivity contribution in [1.82, 2.24) is 10.0 Å². The first-order chi connectivity index (χ1) is 8.76. The van der Waals surface area contributed by atoms with Crippen molar-refractivity contribution < 1.29 is 8.42 Å². The number of hydrogen-bond donors (Lipinski definition) is 2. The van der Waals surface area contributed by atoms with Gasteiger partial charge in [0.15, 0.2) is 0 Å². The molecule has 1 rings (SSSR count). The Morgan fingerprint density at radius 1 is 1.16 bits per heavy atom. The first kappa shape index (κ1) is 16.1. The topological polar surface area (TPSA) is 58.2 Å². The molecule has 19 heavy (non-hydrogen) atoms. The molecule has 2 N–H and O–H groups in total. The molecule has 0 atom stereocenters. The minimum absolute atomic E-state index is 0.118. The van der Waals surface area contributed by atoms with Gasteiger partial charge in [0.05, 0.1) is 4.90 Å². The zero-order chi connectivity index (χ0) is 14.5. The van der Waals surface area contributed by atoms with Gasteiger partial charge in [-0.25, -0.2) is 13.1 Å². The number of rotatable bonds is 6. The van der Waals surface area contributed by atoms with Crippen molar-refractivity contribution in [2.24, 2.45) is 5.41 Å². The maximum absolute atomic E-state index is 12.3. The zero-order valence-electron chi connectivity index (χ0n) is 12.2. The molecule has 0 unspecified atom stereocenters. The molecule has 0 aliphatic carbocycles. The fourth-order valence-corrected chi connectivity index (χ4v) is 3.01. The van der Waals surface area contributed by atoms with Crippen LogP contribution in [0.2, 0.25) is 0 Å². The van der Waals surface area contributed by atoms with E-state index in [1.807, 2.05) is 12.1 Å². The highest BCUT2D eigenvalue weighted by Gasteiger charge is 2.18. The lowest BCUT2D eigenvalue weighted by atomic mass is 9.93. The van der Waals surface area contributed by atoms with Crippen LogP contribution in [-0.4, -0.2) is 22.0 Å². The van der Waals surface area contributed by atoms with Gasteiger partial charge < -0.3 is 5.32 Å². The third-order valence-electron chi connectivity index (χ3n) is 2.80. The van der Waals surface area contributed by atoms with Gasteiger partial charge in [-0.3, -0.25) is 0 Å². The predicted molar refractivity (Wildman–Crippen MR) is 78.5 cm³/mol. The summed E-state index contributed by atoms with van der Waals surface area (Å²) in [7, 11) is -1.62. The number of benzene rings is 1. The van der Waals surface area contributed by atoms with Crippen LogP contribution in [0.5, 0.6) is 0 Å². The summed E-state index contributed by atoms with van der Waals surface area (Å²) >= 11 is 0. The zero-order valence-corrected chi connectivity index (χ0v) is 13.0. The maximum atomic E-state index is 12.3. The van der Waals surface area contributed by atoms with E-state index in [0.717, 1.165) is 12.0 Å². The molecule has 0 radical (unpaired) electrons. The summed E-state index contributed by atoms with van der Waals surface area (Å²) in [6, 6.07) is 7.07. The summed E-state index contributed by atoms with van der Waals surface area (Å²) in [6.45, 7) is 7.28. The SMILES string of the molecule is CNCc1ccccc1S(=O)(=O)NCCC(C)(C)C. The highest BCUT2D eigenvalue weighted by Crippen LogP contribution is 2.19. The Hall–Kier alpha value is -0.910. The molecule has 108 valence electrons. The van der Waals surface area contributed by atoms with Crippen molar-refractivity contribution in [1.29, 1.82) is 0 Å². The first-order valence-electron chi connectivity index (χ1n) is 6.48. The van der Waals surface area contributed by atoms with E-state index < -0.39 is 10.0 Å². The second-order valence-electron chi connectivity index (χ2n) is 5.85. The van der Waals surface area contributed by atoms with Crippen LogP contribution in [-0.2, 0) is 16.6 Å². The van der Waals surface area contributed by atoms with Crippen LogP contribution in [0.1, 0.15) is 32.8 Å². The molecule has 1 aromatic carbocycles. The molecular weight excluding hydrogens is 260 g/mol. The Labute approximate surface area is 116 Å². The van der Waals surface area contributed by atoms with Gasteiger partial charge in [0.1, 0.15) is 0 Å². The first-order valence-corrected chi connectivity index (χ1v) is 7.97. The standard InChI is InChI=1S/C14H24N2O2S/c1-14(2,3)9-10-16-19(17,18)13-8-6-5-7-12(13)11-15-4/h5-8,15-16H,9-11H2,1-4H3. The average molecular weight is 284 g/mol. The lowest BCUT2D eigenvalue weighted by Gasteiger charge is -2.18. The summed E-state index contributed by atoms with van der Waals surface area (Å²) in [5, 5.41) is 2.98. The molecule has 0 aromatic heterocycles. The fourth-order valence-electron chi connectivity index (χ4n) is 1.74. The van der Waals surface area contributed by atoms with Crippen molar-refractivity contribution in [3.63, 3.8) is 0 Å². The summed E-state index contributed by atoms with van der Waals surface area (Å²) in [5.41, 5.74) is 0.903. The van der Waals surface area contributed by atoms with Gasteiger partial charge in [-0.15, -0.1) is 0 Å². The summed E-state index contributed by atoms with van der Waals surface area (Å²) in [6.07, 6.45) is 0.806. The molecule has 0 saturated heterocycles. The van der Waals surface area contributed by atoms with E-state index >= 15 is 0 Å². The van der Waals surface area contributed by atoms with Crippen LogP contribution in [0.15, 0.2) is 29.2 Å². The van der Waals surface area contributed by atoms with Gasteiger partial charge in [0, 0.05) is 13.1 Å². The van der Waals surface area contributed by atoms with E-state index in [-0.39, 0.29) is 5.41 Å². The van der Waals surface area contributed by atoms with Gasteiger partial charge in [0.2, 0.25) is 10.0 Å². The highest BCUT2D eigenvalue weighted by molar-refractivity contribution is 7.89. The van der Waals surface area contributed by atoms with E-state index in [2.05, 4.69) is 30.8 Å². The quantitative estimate of drug-likeness (QED) is 0.841. The summed E-state index contributed by atoms with van der Waals surface area (Å²) in [5.74, 6) is 0. The molecule has 0 amide bonds. The van der Waals surface area contributed by atoms with Gasteiger partial charge in [-0.05, 0) is 30.5 Å². The van der Waals surface area contributed by atoms with Gasteiger partial charge in [0.25, 0.3) is 0 Å². The highest BCUT2D eigenvalue weighted by atomic mass is 32.2. The molecule has 0 heterocycles. The van der Waals surface area contributed by atoms with Crippen LogP contribution in [0, 0.1) is 5.41 Å². The predicted octanol–water partition coefficient (Wildman–Crippen LogP) is 2.12. The molecular formula is C14H24N2O2S. The maximum Gasteiger partial charge on any atom is 0.240 e. The number of hydrogen-bond acceptors (Lipinski definition) is 3. The Balaban J connectivity index is 2.83. The molecule has 0 bridgehead atoms. The van der Waals surface area contributed by atoms with E-state index in [1.54, 1.807) is 19.2 Å². The molecule has 0 saturated carbocycles.